The lowest BCUT2D eigenvalue weighted by atomic mass is 9.92. The molecule has 6 nitrogen and oxygen atoms in total. The van der Waals surface area contributed by atoms with Crippen molar-refractivity contribution in [2.24, 2.45) is 0 Å². The van der Waals surface area contributed by atoms with E-state index in [1.54, 1.807) is 36.4 Å². The van der Waals surface area contributed by atoms with Crippen molar-refractivity contribution in [2.75, 3.05) is 5.32 Å². The van der Waals surface area contributed by atoms with Crippen LogP contribution in [0, 0.1) is 0 Å². The molecule has 1 unspecified atom stereocenters. The Balaban J connectivity index is 2.21. The fraction of sp³-hybridized carbons (Fsp3) is 0.250. The van der Waals surface area contributed by atoms with Gasteiger partial charge < -0.3 is 15.4 Å². The highest BCUT2D eigenvalue weighted by molar-refractivity contribution is 6.00. The second-order valence-electron chi connectivity index (χ2n) is 6.28. The van der Waals surface area contributed by atoms with Crippen molar-refractivity contribution in [3.63, 3.8) is 0 Å². The number of aliphatic carboxylic acids is 1. The topological polar surface area (TPSA) is 99.3 Å². The molecule has 0 saturated carbocycles. The van der Waals surface area contributed by atoms with Crippen molar-refractivity contribution in [3.05, 3.63) is 52.2 Å². The maximum absolute atomic E-state index is 12.8. The van der Waals surface area contributed by atoms with Crippen LogP contribution in [0.3, 0.4) is 0 Å². The normalized spacial score (nSPS) is 12.2. The van der Waals surface area contributed by atoms with E-state index in [0.29, 0.717) is 45.9 Å². The number of rotatable bonds is 7. The predicted octanol–water partition coefficient (Wildman–Crippen LogP) is 3.61. The van der Waals surface area contributed by atoms with Crippen molar-refractivity contribution in [1.29, 1.82) is 0 Å². The molecule has 3 aromatic rings. The number of hydrogen-bond acceptors (Lipinski definition) is 3. The Morgan fingerprint density at radius 1 is 1.27 bits per heavy atom. The lowest BCUT2D eigenvalue weighted by Gasteiger charge is -2.14. The summed E-state index contributed by atoms with van der Waals surface area (Å²) in [6.45, 7) is 2.02. The van der Waals surface area contributed by atoms with Gasteiger partial charge in [0.15, 0.2) is 5.43 Å². The highest BCUT2D eigenvalue weighted by Crippen LogP contribution is 2.27. The summed E-state index contributed by atoms with van der Waals surface area (Å²) in [6, 6.07) is 10.2. The molecule has 26 heavy (non-hydrogen) atoms. The minimum Gasteiger partial charge on any atom is -0.481 e. The minimum atomic E-state index is -0.871. The van der Waals surface area contributed by atoms with Gasteiger partial charge in [0.1, 0.15) is 0 Å². The number of H-pyrrole nitrogens is 1. The molecule has 0 spiro atoms. The van der Waals surface area contributed by atoms with Crippen LogP contribution in [0.2, 0.25) is 0 Å². The molecule has 0 saturated heterocycles. The molecule has 0 aliphatic carbocycles. The van der Waals surface area contributed by atoms with Gasteiger partial charge in [0.25, 0.3) is 0 Å². The lowest BCUT2D eigenvalue weighted by Crippen LogP contribution is -2.12. The van der Waals surface area contributed by atoms with Crippen LogP contribution in [-0.2, 0) is 9.59 Å². The van der Waals surface area contributed by atoms with Crippen molar-refractivity contribution in [3.8, 4) is 0 Å². The van der Waals surface area contributed by atoms with Crippen molar-refractivity contribution in [1.82, 2.24) is 4.98 Å². The fourth-order valence-corrected chi connectivity index (χ4v) is 3.26. The number of unbranched alkanes of at least 4 members (excludes halogenated alkanes) is 1. The van der Waals surface area contributed by atoms with E-state index in [9.17, 15) is 19.5 Å². The average Bonchev–Trinajstić information content (AvgIpc) is 2.63. The zero-order valence-corrected chi connectivity index (χ0v) is 14.4. The Morgan fingerprint density at radius 2 is 2.08 bits per heavy atom. The number of amides is 1. The number of carboxylic acids is 1. The van der Waals surface area contributed by atoms with Crippen molar-refractivity contribution < 1.29 is 14.7 Å². The Hall–Kier alpha value is -3.15. The molecule has 2 aromatic carbocycles. The van der Waals surface area contributed by atoms with Gasteiger partial charge in [-0.15, -0.1) is 0 Å². The molecule has 1 amide bonds. The molecule has 3 rings (SSSR count). The van der Waals surface area contributed by atoms with Gasteiger partial charge in [0.05, 0.1) is 22.6 Å². The lowest BCUT2D eigenvalue weighted by molar-refractivity contribution is -0.139. The number of benzene rings is 2. The molecule has 1 heterocycles. The van der Waals surface area contributed by atoms with E-state index >= 15 is 0 Å². The van der Waals surface area contributed by atoms with Crippen LogP contribution in [0.1, 0.15) is 37.7 Å². The molecule has 0 aliphatic heterocycles. The Bertz CT molecular complexity index is 1040. The molecule has 1 atom stereocenters. The van der Waals surface area contributed by atoms with Gasteiger partial charge in [-0.1, -0.05) is 31.9 Å². The summed E-state index contributed by atoms with van der Waals surface area (Å²) in [7, 11) is 0. The van der Waals surface area contributed by atoms with Gasteiger partial charge in [0, 0.05) is 10.8 Å². The third kappa shape index (κ3) is 3.18. The van der Waals surface area contributed by atoms with Gasteiger partial charge in [-0.3, -0.25) is 14.4 Å². The van der Waals surface area contributed by atoms with Crippen LogP contribution in [-0.4, -0.2) is 22.5 Å². The molecular weight excluding hydrogens is 332 g/mol. The Kier molecular flexibility index (Phi) is 5.02. The first kappa shape index (κ1) is 17.7. The summed E-state index contributed by atoms with van der Waals surface area (Å²) in [5.74, 6) is -1.48. The third-order valence-corrected chi connectivity index (χ3v) is 4.62. The van der Waals surface area contributed by atoms with Crippen LogP contribution in [0.25, 0.3) is 21.8 Å². The first-order valence-electron chi connectivity index (χ1n) is 8.58. The minimum absolute atomic E-state index is 0.157. The fourth-order valence-electron chi connectivity index (χ4n) is 3.26. The first-order valence-corrected chi connectivity index (χ1v) is 8.58. The van der Waals surface area contributed by atoms with Crippen molar-refractivity contribution in [2.45, 2.75) is 32.1 Å². The van der Waals surface area contributed by atoms with E-state index < -0.39 is 11.9 Å². The van der Waals surface area contributed by atoms with Crippen LogP contribution in [0.5, 0.6) is 0 Å². The van der Waals surface area contributed by atoms with E-state index in [1.807, 2.05) is 6.92 Å². The third-order valence-electron chi connectivity index (χ3n) is 4.62. The first-order chi connectivity index (χ1) is 12.6. The quantitative estimate of drug-likeness (QED) is 0.447. The Labute approximate surface area is 149 Å². The van der Waals surface area contributed by atoms with E-state index in [0.717, 1.165) is 12.8 Å². The van der Waals surface area contributed by atoms with Gasteiger partial charge in [0.2, 0.25) is 6.41 Å². The number of para-hydroxylation sites is 1. The van der Waals surface area contributed by atoms with Crippen molar-refractivity contribution >= 4 is 39.9 Å². The smallest absolute Gasteiger partial charge is 0.310 e. The highest BCUT2D eigenvalue weighted by Gasteiger charge is 2.20. The molecule has 3 N–H and O–H groups in total. The summed E-state index contributed by atoms with van der Waals surface area (Å²) in [4.78, 5) is 38.4. The molecule has 1 aromatic heterocycles. The summed E-state index contributed by atoms with van der Waals surface area (Å²) >= 11 is 0. The molecule has 0 fully saturated rings. The predicted molar refractivity (Wildman–Crippen MR) is 102 cm³/mol. The van der Waals surface area contributed by atoms with E-state index in [-0.39, 0.29) is 5.43 Å². The number of hydrogen-bond donors (Lipinski definition) is 3. The number of carboxylic acid groups (broad SMARTS) is 1. The number of carbonyl (C=O) groups excluding carboxylic acids is 1. The molecular formula is C20H20N2O4. The molecule has 6 heteroatoms. The maximum atomic E-state index is 12.8. The highest BCUT2D eigenvalue weighted by atomic mass is 16.4. The SMILES string of the molecule is CCCCC(C(=O)O)c1ccc2c(=O)c3cccc(NC=O)c3[nH]c2c1. The van der Waals surface area contributed by atoms with E-state index in [1.165, 1.54) is 0 Å². The summed E-state index contributed by atoms with van der Waals surface area (Å²) < 4.78 is 0. The number of aromatic amines is 1. The average molecular weight is 352 g/mol. The number of nitrogens with one attached hydrogen (secondary N) is 2. The van der Waals surface area contributed by atoms with Crippen LogP contribution >= 0.6 is 0 Å². The number of carbonyl (C=O) groups is 2. The van der Waals surface area contributed by atoms with Gasteiger partial charge in [-0.25, -0.2) is 0 Å². The second kappa shape index (κ2) is 7.39. The zero-order valence-electron chi connectivity index (χ0n) is 14.4. The molecule has 0 bridgehead atoms. The summed E-state index contributed by atoms with van der Waals surface area (Å²) in [5, 5.41) is 13.1. The molecule has 0 radical (unpaired) electrons. The standard InChI is InChI=1S/C20H20N2O4/c1-2-3-5-13(20(25)26)12-8-9-14-17(10-12)22-18-15(19(14)24)6-4-7-16(18)21-11-23/h4,6-11,13H,2-3,5H2,1H3,(H,21,23)(H,22,24)(H,25,26). The molecule has 134 valence electrons. The monoisotopic (exact) mass is 352 g/mol. The van der Waals surface area contributed by atoms with Crippen LogP contribution in [0.4, 0.5) is 5.69 Å². The number of aromatic nitrogens is 1. The summed E-state index contributed by atoms with van der Waals surface area (Å²) in [5.41, 5.74) is 2.09. The van der Waals surface area contributed by atoms with Gasteiger partial charge >= 0.3 is 5.97 Å². The van der Waals surface area contributed by atoms with E-state index in [2.05, 4.69) is 10.3 Å². The van der Waals surface area contributed by atoms with Gasteiger partial charge in [-0.05, 0) is 36.2 Å². The van der Waals surface area contributed by atoms with E-state index in [4.69, 9.17) is 0 Å². The number of pyridine rings is 1. The summed E-state index contributed by atoms with van der Waals surface area (Å²) in [6.07, 6.45) is 2.84. The number of anilines is 1. The van der Waals surface area contributed by atoms with Crippen LogP contribution < -0.4 is 10.7 Å². The second-order valence-corrected chi connectivity index (χ2v) is 6.28. The van der Waals surface area contributed by atoms with Gasteiger partial charge in [-0.2, -0.15) is 0 Å². The zero-order chi connectivity index (χ0) is 18.7. The number of fused-ring (bicyclic) bond motifs is 2. The maximum Gasteiger partial charge on any atom is 0.310 e. The Morgan fingerprint density at radius 3 is 2.77 bits per heavy atom. The van der Waals surface area contributed by atoms with Crippen LogP contribution in [0.15, 0.2) is 41.2 Å². The largest absolute Gasteiger partial charge is 0.481 e. The molecule has 0 aliphatic rings.